The molecule has 104 valence electrons. The van der Waals surface area contributed by atoms with Crippen molar-refractivity contribution in [3.05, 3.63) is 47.5 Å². The summed E-state index contributed by atoms with van der Waals surface area (Å²) in [7, 11) is 1.88. The smallest absolute Gasteiger partial charge is 0.228 e. The molecular weight excluding hydrogens is 264 g/mol. The number of nitrogen functional groups attached to an aromatic ring is 1. The number of rotatable bonds is 2. The number of hydrogen-bond donors (Lipinski definition) is 2. The molecule has 0 saturated heterocycles. The van der Waals surface area contributed by atoms with E-state index in [4.69, 9.17) is 11.0 Å². The van der Waals surface area contributed by atoms with Gasteiger partial charge in [0, 0.05) is 18.4 Å². The Morgan fingerprint density at radius 1 is 1.33 bits per heavy atom. The van der Waals surface area contributed by atoms with Gasteiger partial charge in [-0.05, 0) is 35.9 Å². The third kappa shape index (κ3) is 2.28. The SMILES string of the molecule is CN(c1cccc(C#N)c1)c1cc2c(cc1N)CC(=O)N2. The Labute approximate surface area is 122 Å². The van der Waals surface area contributed by atoms with E-state index in [0.717, 1.165) is 22.6 Å². The highest BCUT2D eigenvalue weighted by Crippen LogP contribution is 2.36. The van der Waals surface area contributed by atoms with Crippen LogP contribution in [0.3, 0.4) is 0 Å². The number of amides is 1. The van der Waals surface area contributed by atoms with Gasteiger partial charge >= 0.3 is 0 Å². The maximum absolute atomic E-state index is 11.4. The first kappa shape index (κ1) is 13.0. The summed E-state index contributed by atoms with van der Waals surface area (Å²) in [5.41, 5.74) is 10.7. The van der Waals surface area contributed by atoms with Crippen molar-refractivity contribution < 1.29 is 4.79 Å². The van der Waals surface area contributed by atoms with Gasteiger partial charge in [-0.25, -0.2) is 0 Å². The van der Waals surface area contributed by atoms with E-state index in [2.05, 4.69) is 11.4 Å². The van der Waals surface area contributed by atoms with Gasteiger partial charge in [0.15, 0.2) is 0 Å². The van der Waals surface area contributed by atoms with Gasteiger partial charge in [0.2, 0.25) is 5.91 Å². The third-order valence-electron chi connectivity index (χ3n) is 3.60. The molecule has 0 atom stereocenters. The van der Waals surface area contributed by atoms with Crippen molar-refractivity contribution >= 4 is 28.7 Å². The first-order valence-corrected chi connectivity index (χ1v) is 6.54. The lowest BCUT2D eigenvalue weighted by atomic mass is 10.1. The summed E-state index contributed by atoms with van der Waals surface area (Å²) < 4.78 is 0. The zero-order valence-corrected chi connectivity index (χ0v) is 11.6. The predicted octanol–water partition coefficient (Wildman–Crippen LogP) is 2.40. The summed E-state index contributed by atoms with van der Waals surface area (Å²) >= 11 is 0. The number of nitrogens with zero attached hydrogens (tertiary/aromatic N) is 2. The topological polar surface area (TPSA) is 82.2 Å². The first-order valence-electron chi connectivity index (χ1n) is 6.54. The predicted molar refractivity (Wildman–Crippen MR) is 82.4 cm³/mol. The molecule has 0 unspecified atom stereocenters. The maximum atomic E-state index is 11.4. The van der Waals surface area contributed by atoms with Gasteiger partial charge in [-0.3, -0.25) is 4.79 Å². The van der Waals surface area contributed by atoms with E-state index in [9.17, 15) is 4.79 Å². The summed E-state index contributed by atoms with van der Waals surface area (Å²) in [5.74, 6) is -0.0179. The maximum Gasteiger partial charge on any atom is 0.228 e. The van der Waals surface area contributed by atoms with Crippen molar-refractivity contribution in [2.45, 2.75) is 6.42 Å². The first-order chi connectivity index (χ1) is 10.1. The molecule has 0 spiro atoms. The van der Waals surface area contributed by atoms with Crippen LogP contribution in [0.2, 0.25) is 0 Å². The monoisotopic (exact) mass is 278 g/mol. The zero-order chi connectivity index (χ0) is 15.0. The van der Waals surface area contributed by atoms with E-state index in [1.54, 1.807) is 12.1 Å². The molecule has 21 heavy (non-hydrogen) atoms. The fourth-order valence-corrected chi connectivity index (χ4v) is 2.50. The number of nitrogens with one attached hydrogen (secondary N) is 1. The Kier molecular flexibility index (Phi) is 2.99. The van der Waals surface area contributed by atoms with Gasteiger partial charge < -0.3 is 16.0 Å². The van der Waals surface area contributed by atoms with E-state index >= 15 is 0 Å². The average molecular weight is 278 g/mol. The summed E-state index contributed by atoms with van der Waals surface area (Å²) in [4.78, 5) is 13.3. The highest BCUT2D eigenvalue weighted by Gasteiger charge is 2.20. The van der Waals surface area contributed by atoms with Crippen LogP contribution in [0.4, 0.5) is 22.7 Å². The number of benzene rings is 2. The van der Waals surface area contributed by atoms with Crippen molar-refractivity contribution in [3.63, 3.8) is 0 Å². The average Bonchev–Trinajstić information content (AvgIpc) is 2.84. The fraction of sp³-hybridized carbons (Fsp3) is 0.125. The van der Waals surface area contributed by atoms with Gasteiger partial charge in [-0.15, -0.1) is 0 Å². The Bertz CT molecular complexity index is 776. The van der Waals surface area contributed by atoms with Crippen LogP contribution in [0.15, 0.2) is 36.4 Å². The van der Waals surface area contributed by atoms with Crippen molar-refractivity contribution in [2.24, 2.45) is 0 Å². The molecule has 1 aliphatic rings. The van der Waals surface area contributed by atoms with E-state index in [0.29, 0.717) is 17.7 Å². The molecule has 5 heteroatoms. The summed E-state index contributed by atoms with van der Waals surface area (Å²) in [6, 6.07) is 13.1. The number of anilines is 4. The van der Waals surface area contributed by atoms with Gasteiger partial charge in [-0.2, -0.15) is 5.26 Å². The molecule has 3 rings (SSSR count). The van der Waals surface area contributed by atoms with Crippen LogP contribution in [0.25, 0.3) is 0 Å². The minimum atomic E-state index is -0.0179. The van der Waals surface area contributed by atoms with Crippen molar-refractivity contribution in [1.29, 1.82) is 5.26 Å². The molecule has 0 radical (unpaired) electrons. The van der Waals surface area contributed by atoms with Gasteiger partial charge in [0.1, 0.15) is 0 Å². The van der Waals surface area contributed by atoms with Crippen molar-refractivity contribution in [1.82, 2.24) is 0 Å². The third-order valence-corrected chi connectivity index (χ3v) is 3.60. The van der Waals surface area contributed by atoms with Crippen molar-refractivity contribution in [2.75, 3.05) is 23.0 Å². The summed E-state index contributed by atoms with van der Waals surface area (Å²) in [5, 5.41) is 11.8. The van der Waals surface area contributed by atoms with E-state index in [1.807, 2.05) is 36.2 Å². The van der Waals surface area contributed by atoms with E-state index in [-0.39, 0.29) is 5.91 Å². The molecule has 2 aromatic rings. The molecule has 0 aliphatic carbocycles. The van der Waals surface area contributed by atoms with E-state index in [1.165, 1.54) is 0 Å². The molecule has 0 aromatic heterocycles. The molecule has 0 saturated carbocycles. The lowest BCUT2D eigenvalue weighted by Gasteiger charge is -2.22. The number of carbonyl (C=O) groups excluding carboxylic acids is 1. The standard InChI is InChI=1S/C16H14N4O/c1-20(12-4-2-3-10(5-12)9-17)15-8-14-11(6-13(15)18)7-16(21)19-14/h2-6,8H,7,18H2,1H3,(H,19,21). The molecule has 0 fully saturated rings. The minimum Gasteiger partial charge on any atom is -0.397 e. The Morgan fingerprint density at radius 2 is 2.14 bits per heavy atom. The molecule has 1 amide bonds. The van der Waals surface area contributed by atoms with Gasteiger partial charge in [-0.1, -0.05) is 6.07 Å². The Morgan fingerprint density at radius 3 is 2.90 bits per heavy atom. The van der Waals surface area contributed by atoms with E-state index < -0.39 is 0 Å². The molecule has 0 bridgehead atoms. The molecule has 1 aliphatic heterocycles. The van der Waals surface area contributed by atoms with Crippen LogP contribution in [-0.4, -0.2) is 13.0 Å². The zero-order valence-electron chi connectivity index (χ0n) is 11.6. The number of nitriles is 1. The largest absolute Gasteiger partial charge is 0.397 e. The Hall–Kier alpha value is -3.00. The quantitative estimate of drug-likeness (QED) is 0.826. The summed E-state index contributed by atoms with van der Waals surface area (Å²) in [6.45, 7) is 0. The highest BCUT2D eigenvalue weighted by molar-refractivity contribution is 6.01. The van der Waals surface area contributed by atoms with Crippen LogP contribution in [-0.2, 0) is 11.2 Å². The summed E-state index contributed by atoms with van der Waals surface area (Å²) in [6.07, 6.45) is 0.368. The highest BCUT2D eigenvalue weighted by atomic mass is 16.1. The van der Waals surface area contributed by atoms with Crippen LogP contribution < -0.4 is 16.0 Å². The fourth-order valence-electron chi connectivity index (χ4n) is 2.50. The second kappa shape index (κ2) is 4.84. The molecule has 2 aromatic carbocycles. The van der Waals surface area contributed by atoms with Gasteiger partial charge in [0.05, 0.1) is 29.4 Å². The van der Waals surface area contributed by atoms with Crippen LogP contribution in [0, 0.1) is 11.3 Å². The Balaban J connectivity index is 2.02. The molecule has 1 heterocycles. The lowest BCUT2D eigenvalue weighted by Crippen LogP contribution is -2.12. The minimum absolute atomic E-state index is 0.0179. The number of carbonyl (C=O) groups is 1. The van der Waals surface area contributed by atoms with Gasteiger partial charge in [0.25, 0.3) is 0 Å². The van der Waals surface area contributed by atoms with Crippen LogP contribution >= 0.6 is 0 Å². The van der Waals surface area contributed by atoms with Crippen molar-refractivity contribution in [3.8, 4) is 6.07 Å². The number of fused-ring (bicyclic) bond motifs is 1. The second-order valence-electron chi connectivity index (χ2n) is 5.01. The number of nitrogens with two attached hydrogens (primary N) is 1. The normalized spacial score (nSPS) is 12.5. The number of hydrogen-bond acceptors (Lipinski definition) is 4. The van der Waals surface area contributed by atoms with Crippen LogP contribution in [0.1, 0.15) is 11.1 Å². The molecular formula is C16H14N4O. The molecule has 5 nitrogen and oxygen atoms in total. The lowest BCUT2D eigenvalue weighted by molar-refractivity contribution is -0.115. The molecule has 3 N–H and O–H groups in total. The van der Waals surface area contributed by atoms with Crippen LogP contribution in [0.5, 0.6) is 0 Å². The second-order valence-corrected chi connectivity index (χ2v) is 5.01.